The molecule has 0 fully saturated rings. The summed E-state index contributed by atoms with van der Waals surface area (Å²) in [6.45, 7) is 5.06. The third-order valence-electron chi connectivity index (χ3n) is 3.01. The zero-order valence-corrected chi connectivity index (χ0v) is 12.2. The minimum atomic E-state index is -0.0147. The van der Waals surface area contributed by atoms with Crippen LogP contribution in [0.5, 0.6) is 0 Å². The number of aliphatic hydroxyl groups excluding tert-OH is 1. The molecule has 1 aromatic carbocycles. The Labute approximate surface area is 115 Å². The average Bonchev–Trinajstić information content (AvgIpc) is 2.34. The third-order valence-corrected chi connectivity index (χ3v) is 3.36. The Morgan fingerprint density at radius 1 is 1.22 bits per heavy atom. The SMILES string of the molecule is CCN(CCCN(C)C)c1cccc(Cl)c1CO. The molecular weight excluding hydrogens is 248 g/mol. The number of benzene rings is 1. The molecule has 0 atom stereocenters. The molecule has 0 bridgehead atoms. The second-order valence-electron chi connectivity index (χ2n) is 4.63. The molecule has 4 heteroatoms. The smallest absolute Gasteiger partial charge is 0.0716 e. The van der Waals surface area contributed by atoms with E-state index in [1.165, 1.54) is 0 Å². The number of hydrogen-bond acceptors (Lipinski definition) is 3. The van der Waals surface area contributed by atoms with E-state index in [2.05, 4.69) is 30.8 Å². The molecule has 102 valence electrons. The first-order valence-electron chi connectivity index (χ1n) is 6.38. The van der Waals surface area contributed by atoms with Crippen molar-refractivity contribution >= 4 is 17.3 Å². The zero-order chi connectivity index (χ0) is 13.5. The summed E-state index contributed by atoms with van der Waals surface area (Å²) in [6.07, 6.45) is 1.10. The van der Waals surface area contributed by atoms with Crippen LogP contribution in [0.2, 0.25) is 5.02 Å². The van der Waals surface area contributed by atoms with Gasteiger partial charge in [0.15, 0.2) is 0 Å². The van der Waals surface area contributed by atoms with E-state index >= 15 is 0 Å². The normalized spacial score (nSPS) is 11.0. The molecule has 0 heterocycles. The minimum Gasteiger partial charge on any atom is -0.392 e. The first kappa shape index (κ1) is 15.3. The molecule has 1 aromatic rings. The van der Waals surface area contributed by atoms with Gasteiger partial charge in [0, 0.05) is 29.4 Å². The van der Waals surface area contributed by atoms with Crippen molar-refractivity contribution in [1.29, 1.82) is 0 Å². The molecule has 0 aliphatic rings. The first-order valence-corrected chi connectivity index (χ1v) is 6.75. The molecule has 0 saturated heterocycles. The molecule has 3 nitrogen and oxygen atoms in total. The number of nitrogens with zero attached hydrogens (tertiary/aromatic N) is 2. The molecule has 0 spiro atoms. The van der Waals surface area contributed by atoms with Crippen molar-refractivity contribution in [2.45, 2.75) is 20.0 Å². The van der Waals surface area contributed by atoms with Crippen LogP contribution in [0.4, 0.5) is 5.69 Å². The molecule has 0 amide bonds. The van der Waals surface area contributed by atoms with E-state index in [4.69, 9.17) is 11.6 Å². The molecule has 0 aliphatic heterocycles. The molecular formula is C14H23ClN2O. The molecule has 18 heavy (non-hydrogen) atoms. The Balaban J connectivity index is 2.78. The number of aliphatic hydroxyl groups is 1. The Morgan fingerprint density at radius 3 is 2.50 bits per heavy atom. The predicted molar refractivity (Wildman–Crippen MR) is 78.4 cm³/mol. The number of anilines is 1. The molecule has 0 saturated carbocycles. The lowest BCUT2D eigenvalue weighted by atomic mass is 10.1. The van der Waals surface area contributed by atoms with Gasteiger partial charge in [0.1, 0.15) is 0 Å². The van der Waals surface area contributed by atoms with Crippen molar-refractivity contribution in [3.8, 4) is 0 Å². The van der Waals surface area contributed by atoms with Gasteiger partial charge < -0.3 is 14.9 Å². The summed E-state index contributed by atoms with van der Waals surface area (Å²) < 4.78 is 0. The zero-order valence-electron chi connectivity index (χ0n) is 11.5. The van der Waals surface area contributed by atoms with Crippen LogP contribution in [0.15, 0.2) is 18.2 Å². The van der Waals surface area contributed by atoms with E-state index in [1.54, 1.807) is 0 Å². The van der Waals surface area contributed by atoms with E-state index < -0.39 is 0 Å². The van der Waals surface area contributed by atoms with Gasteiger partial charge >= 0.3 is 0 Å². The van der Waals surface area contributed by atoms with Gasteiger partial charge in [-0.2, -0.15) is 0 Å². The van der Waals surface area contributed by atoms with Crippen molar-refractivity contribution in [2.75, 3.05) is 38.6 Å². The Hall–Kier alpha value is -0.770. The fraction of sp³-hybridized carbons (Fsp3) is 0.571. The van der Waals surface area contributed by atoms with Crippen LogP contribution >= 0.6 is 11.6 Å². The summed E-state index contributed by atoms with van der Waals surface area (Å²) in [6, 6.07) is 5.78. The summed E-state index contributed by atoms with van der Waals surface area (Å²) in [5.74, 6) is 0. The number of halogens is 1. The third kappa shape index (κ3) is 4.16. The Bertz CT molecular complexity index is 369. The average molecular weight is 271 g/mol. The van der Waals surface area contributed by atoms with Crippen molar-refractivity contribution < 1.29 is 5.11 Å². The molecule has 1 rings (SSSR count). The minimum absolute atomic E-state index is 0.0147. The first-order chi connectivity index (χ1) is 8.60. The number of rotatable bonds is 7. The largest absolute Gasteiger partial charge is 0.392 e. The van der Waals surface area contributed by atoms with Gasteiger partial charge in [-0.15, -0.1) is 0 Å². The number of hydrogen-bond donors (Lipinski definition) is 1. The van der Waals surface area contributed by atoms with Gasteiger partial charge in [0.25, 0.3) is 0 Å². The van der Waals surface area contributed by atoms with Gasteiger partial charge in [-0.05, 0) is 46.1 Å². The van der Waals surface area contributed by atoms with Crippen molar-refractivity contribution in [2.24, 2.45) is 0 Å². The van der Waals surface area contributed by atoms with Crippen LogP contribution in [0, 0.1) is 0 Å². The molecule has 1 N–H and O–H groups in total. The Morgan fingerprint density at radius 2 is 1.94 bits per heavy atom. The highest BCUT2D eigenvalue weighted by Crippen LogP contribution is 2.27. The lowest BCUT2D eigenvalue weighted by Gasteiger charge is -2.26. The maximum Gasteiger partial charge on any atom is 0.0716 e. The van der Waals surface area contributed by atoms with Crippen molar-refractivity contribution in [3.63, 3.8) is 0 Å². The summed E-state index contributed by atoms with van der Waals surface area (Å²) in [7, 11) is 4.16. The predicted octanol–water partition coefficient (Wildman–Crippen LogP) is 2.61. The Kier molecular flexibility index (Phi) is 6.47. The van der Waals surface area contributed by atoms with E-state index in [9.17, 15) is 5.11 Å². The lowest BCUT2D eigenvalue weighted by Crippen LogP contribution is -2.28. The van der Waals surface area contributed by atoms with Crippen LogP contribution in [0.25, 0.3) is 0 Å². The monoisotopic (exact) mass is 270 g/mol. The standard InChI is InChI=1S/C14H23ClN2O/c1-4-17(10-6-9-16(2)3)14-8-5-7-13(15)12(14)11-18/h5,7-8,18H,4,6,9-11H2,1-3H3. The fourth-order valence-electron chi connectivity index (χ4n) is 2.03. The maximum absolute atomic E-state index is 9.44. The van der Waals surface area contributed by atoms with Gasteiger partial charge in [0.2, 0.25) is 0 Å². The summed E-state index contributed by atoms with van der Waals surface area (Å²) in [4.78, 5) is 4.44. The summed E-state index contributed by atoms with van der Waals surface area (Å²) in [5, 5.41) is 10.1. The van der Waals surface area contributed by atoms with Crippen LogP contribution < -0.4 is 4.90 Å². The van der Waals surface area contributed by atoms with Crippen LogP contribution in [0.1, 0.15) is 18.9 Å². The highest BCUT2D eigenvalue weighted by molar-refractivity contribution is 6.31. The fourth-order valence-corrected chi connectivity index (χ4v) is 2.26. The molecule has 0 aliphatic carbocycles. The lowest BCUT2D eigenvalue weighted by molar-refractivity contribution is 0.282. The second kappa shape index (κ2) is 7.62. The highest BCUT2D eigenvalue weighted by Gasteiger charge is 2.11. The van der Waals surface area contributed by atoms with E-state index in [0.717, 1.165) is 37.3 Å². The topological polar surface area (TPSA) is 26.7 Å². The van der Waals surface area contributed by atoms with Crippen LogP contribution in [-0.4, -0.2) is 43.7 Å². The van der Waals surface area contributed by atoms with Crippen LogP contribution in [0.3, 0.4) is 0 Å². The molecule has 0 unspecified atom stereocenters. The van der Waals surface area contributed by atoms with E-state index in [1.807, 2.05) is 18.2 Å². The maximum atomic E-state index is 9.44. The van der Waals surface area contributed by atoms with Crippen molar-refractivity contribution in [3.05, 3.63) is 28.8 Å². The van der Waals surface area contributed by atoms with Crippen LogP contribution in [-0.2, 0) is 6.61 Å². The van der Waals surface area contributed by atoms with Crippen molar-refractivity contribution in [1.82, 2.24) is 4.90 Å². The van der Waals surface area contributed by atoms with E-state index in [0.29, 0.717) is 5.02 Å². The van der Waals surface area contributed by atoms with Gasteiger partial charge in [-0.1, -0.05) is 17.7 Å². The van der Waals surface area contributed by atoms with Gasteiger partial charge in [-0.3, -0.25) is 0 Å². The quantitative estimate of drug-likeness (QED) is 0.825. The molecule has 0 aromatic heterocycles. The van der Waals surface area contributed by atoms with Gasteiger partial charge in [0.05, 0.1) is 6.61 Å². The second-order valence-corrected chi connectivity index (χ2v) is 5.04. The van der Waals surface area contributed by atoms with Gasteiger partial charge in [-0.25, -0.2) is 0 Å². The highest BCUT2D eigenvalue weighted by atomic mass is 35.5. The van der Waals surface area contributed by atoms with E-state index in [-0.39, 0.29) is 6.61 Å². The summed E-state index contributed by atoms with van der Waals surface area (Å²) in [5.41, 5.74) is 1.87. The summed E-state index contributed by atoms with van der Waals surface area (Å²) >= 11 is 6.12. The molecule has 0 radical (unpaired) electrons.